The van der Waals surface area contributed by atoms with Gasteiger partial charge in [0.05, 0.1) is 0 Å². The maximum atomic E-state index is 13.2. The zero-order chi connectivity index (χ0) is 25.0. The first-order valence-corrected chi connectivity index (χ1v) is 10.5. The molecule has 0 aliphatic heterocycles. The molecule has 174 valence electrons. The van der Waals surface area contributed by atoms with E-state index in [1.807, 2.05) is 0 Å². The number of rotatable bonds is 3. The van der Waals surface area contributed by atoms with Crippen LogP contribution in [-0.2, 0) is 0 Å². The molecule has 4 aromatic rings. The highest BCUT2D eigenvalue weighted by atomic mass is 16.3. The van der Waals surface area contributed by atoms with Crippen LogP contribution < -0.4 is 0 Å². The fraction of sp³-hybridized carbons (Fsp3) is 0.0370. The summed E-state index contributed by atoms with van der Waals surface area (Å²) < 4.78 is 0. The molecular formula is C27H18O8. The number of phenolic OH excluding ortho intramolecular Hbond substituents is 6. The lowest BCUT2D eigenvalue weighted by Crippen LogP contribution is -2.21. The van der Waals surface area contributed by atoms with E-state index in [9.17, 15) is 40.2 Å². The van der Waals surface area contributed by atoms with Crippen LogP contribution in [0.2, 0.25) is 0 Å². The van der Waals surface area contributed by atoms with Gasteiger partial charge < -0.3 is 30.6 Å². The number of benzene rings is 4. The van der Waals surface area contributed by atoms with Crippen LogP contribution in [0.15, 0.2) is 66.7 Å². The Hall–Kier alpha value is -4.98. The van der Waals surface area contributed by atoms with Crippen LogP contribution in [0.1, 0.15) is 54.5 Å². The standard InChI is InChI=1S/C27H18O8/c28-19-9-7-16(24(32)26(19)34)21(17-8-10-20(29)27(35)25(17)33)12-5-6-15-18(11-12)23(31)14-4-2-1-3-13(14)22(15)30/h1-11,21,28-29,32-35H. The van der Waals surface area contributed by atoms with Gasteiger partial charge in [-0.1, -0.05) is 42.5 Å². The molecule has 5 rings (SSSR count). The molecule has 1 aliphatic carbocycles. The first-order chi connectivity index (χ1) is 16.7. The van der Waals surface area contributed by atoms with Crippen molar-refractivity contribution in [3.05, 3.63) is 106 Å². The molecule has 0 unspecified atom stereocenters. The fourth-order valence-corrected chi connectivity index (χ4v) is 4.46. The van der Waals surface area contributed by atoms with Gasteiger partial charge in [-0.15, -0.1) is 0 Å². The van der Waals surface area contributed by atoms with E-state index in [0.717, 1.165) is 12.1 Å². The second kappa shape index (κ2) is 7.81. The molecule has 0 bridgehead atoms. The Morgan fingerprint density at radius 2 is 0.943 bits per heavy atom. The maximum Gasteiger partial charge on any atom is 0.200 e. The average molecular weight is 470 g/mol. The Bertz CT molecular complexity index is 1500. The van der Waals surface area contributed by atoms with Crippen LogP contribution in [0.3, 0.4) is 0 Å². The lowest BCUT2D eigenvalue weighted by molar-refractivity contribution is 0.0979. The molecular weight excluding hydrogens is 452 g/mol. The molecule has 0 saturated carbocycles. The molecule has 0 heterocycles. The number of phenols is 6. The van der Waals surface area contributed by atoms with Crippen molar-refractivity contribution in [1.29, 1.82) is 0 Å². The summed E-state index contributed by atoms with van der Waals surface area (Å²) in [6.45, 7) is 0. The summed E-state index contributed by atoms with van der Waals surface area (Å²) in [7, 11) is 0. The van der Waals surface area contributed by atoms with E-state index in [1.165, 1.54) is 30.3 Å². The van der Waals surface area contributed by atoms with Crippen molar-refractivity contribution in [2.75, 3.05) is 0 Å². The van der Waals surface area contributed by atoms with Crippen LogP contribution in [0.25, 0.3) is 0 Å². The Kier molecular flexibility index (Phi) is 4.87. The maximum absolute atomic E-state index is 13.2. The minimum atomic E-state index is -1.08. The summed E-state index contributed by atoms with van der Waals surface area (Å²) in [6, 6.07) is 15.8. The van der Waals surface area contributed by atoms with Crippen molar-refractivity contribution < 1.29 is 40.2 Å². The van der Waals surface area contributed by atoms with Gasteiger partial charge in [0.15, 0.2) is 34.6 Å². The monoisotopic (exact) mass is 470 g/mol. The predicted molar refractivity (Wildman–Crippen MR) is 124 cm³/mol. The molecule has 8 nitrogen and oxygen atoms in total. The summed E-state index contributed by atoms with van der Waals surface area (Å²) in [4.78, 5) is 26.2. The van der Waals surface area contributed by atoms with Crippen LogP contribution in [0.4, 0.5) is 0 Å². The van der Waals surface area contributed by atoms with Crippen molar-refractivity contribution in [3.63, 3.8) is 0 Å². The van der Waals surface area contributed by atoms with E-state index in [0.29, 0.717) is 5.56 Å². The highest BCUT2D eigenvalue weighted by Gasteiger charge is 2.32. The largest absolute Gasteiger partial charge is 0.504 e. The molecule has 4 aromatic carbocycles. The van der Waals surface area contributed by atoms with Gasteiger partial charge in [0.1, 0.15) is 0 Å². The van der Waals surface area contributed by atoms with E-state index >= 15 is 0 Å². The quantitative estimate of drug-likeness (QED) is 0.171. The van der Waals surface area contributed by atoms with Gasteiger partial charge in [-0.3, -0.25) is 9.59 Å². The highest BCUT2D eigenvalue weighted by molar-refractivity contribution is 6.28. The lowest BCUT2D eigenvalue weighted by Gasteiger charge is -2.24. The fourth-order valence-electron chi connectivity index (χ4n) is 4.46. The van der Waals surface area contributed by atoms with Gasteiger partial charge in [-0.25, -0.2) is 0 Å². The van der Waals surface area contributed by atoms with E-state index in [1.54, 1.807) is 24.3 Å². The van der Waals surface area contributed by atoms with Gasteiger partial charge in [0.2, 0.25) is 11.5 Å². The van der Waals surface area contributed by atoms with Crippen LogP contribution >= 0.6 is 0 Å². The van der Waals surface area contributed by atoms with Crippen LogP contribution in [0.5, 0.6) is 34.5 Å². The summed E-state index contributed by atoms with van der Waals surface area (Å²) in [5.41, 5.74) is 1.20. The molecule has 0 aromatic heterocycles. The van der Waals surface area contributed by atoms with Crippen LogP contribution in [0, 0.1) is 0 Å². The number of fused-ring (bicyclic) bond motifs is 2. The molecule has 35 heavy (non-hydrogen) atoms. The summed E-state index contributed by atoms with van der Waals surface area (Å²) in [5, 5.41) is 61.1. The first-order valence-electron chi connectivity index (χ1n) is 10.5. The number of hydrogen-bond acceptors (Lipinski definition) is 8. The molecule has 0 amide bonds. The molecule has 0 spiro atoms. The molecule has 6 N–H and O–H groups in total. The Morgan fingerprint density at radius 3 is 1.46 bits per heavy atom. The number of carbonyl (C=O) groups is 2. The number of aromatic hydroxyl groups is 6. The SMILES string of the molecule is O=C1c2ccccc2C(=O)c2cc(C(c3ccc(O)c(O)c3O)c3ccc(O)c(O)c3O)ccc21. The minimum Gasteiger partial charge on any atom is -0.504 e. The second-order valence-corrected chi connectivity index (χ2v) is 8.18. The third-order valence-corrected chi connectivity index (χ3v) is 6.23. The summed E-state index contributed by atoms with van der Waals surface area (Å²) in [6.07, 6.45) is 0. The van der Waals surface area contributed by atoms with Crippen molar-refractivity contribution in [1.82, 2.24) is 0 Å². The molecule has 1 aliphatic rings. The van der Waals surface area contributed by atoms with Crippen molar-refractivity contribution in [2.24, 2.45) is 0 Å². The summed E-state index contributed by atoms with van der Waals surface area (Å²) >= 11 is 0. The number of hydrogen-bond donors (Lipinski definition) is 6. The van der Waals surface area contributed by atoms with Crippen molar-refractivity contribution in [2.45, 2.75) is 5.92 Å². The minimum absolute atomic E-state index is 0.0237. The Balaban J connectivity index is 1.76. The van der Waals surface area contributed by atoms with Gasteiger partial charge >= 0.3 is 0 Å². The van der Waals surface area contributed by atoms with Crippen molar-refractivity contribution >= 4 is 11.6 Å². The molecule has 0 atom stereocenters. The molecule has 0 saturated heterocycles. The van der Waals surface area contributed by atoms with E-state index in [-0.39, 0.29) is 44.9 Å². The Morgan fingerprint density at radius 1 is 0.486 bits per heavy atom. The van der Waals surface area contributed by atoms with Crippen LogP contribution in [-0.4, -0.2) is 42.2 Å². The van der Waals surface area contributed by atoms with E-state index in [2.05, 4.69) is 0 Å². The zero-order valence-electron chi connectivity index (χ0n) is 17.9. The van der Waals surface area contributed by atoms with Gasteiger partial charge in [-0.2, -0.15) is 0 Å². The smallest absolute Gasteiger partial charge is 0.200 e. The third kappa shape index (κ3) is 3.23. The molecule has 0 radical (unpaired) electrons. The van der Waals surface area contributed by atoms with Gasteiger partial charge in [-0.05, 0) is 29.8 Å². The highest BCUT2D eigenvalue weighted by Crippen LogP contribution is 2.49. The lowest BCUT2D eigenvalue weighted by atomic mass is 9.79. The van der Waals surface area contributed by atoms with Gasteiger partial charge in [0.25, 0.3) is 0 Å². The average Bonchev–Trinajstić information content (AvgIpc) is 2.87. The summed E-state index contributed by atoms with van der Waals surface area (Å²) in [5.74, 6) is -5.92. The zero-order valence-corrected chi connectivity index (χ0v) is 17.9. The van der Waals surface area contributed by atoms with Gasteiger partial charge in [0, 0.05) is 39.3 Å². The normalized spacial score (nSPS) is 12.5. The second-order valence-electron chi connectivity index (χ2n) is 8.18. The Labute approximate surface area is 198 Å². The number of carbonyl (C=O) groups excluding carboxylic acids is 2. The van der Waals surface area contributed by atoms with Crippen molar-refractivity contribution in [3.8, 4) is 34.5 Å². The van der Waals surface area contributed by atoms with E-state index in [4.69, 9.17) is 0 Å². The first kappa shape index (κ1) is 21.8. The topological polar surface area (TPSA) is 156 Å². The van der Waals surface area contributed by atoms with E-state index < -0.39 is 40.4 Å². The number of ketones is 2. The predicted octanol–water partition coefficient (Wildman–Crippen LogP) is 3.88. The third-order valence-electron chi connectivity index (χ3n) is 6.23. The molecule has 0 fully saturated rings. The molecule has 8 heteroatoms.